The molecule has 0 amide bonds. The van der Waals surface area contributed by atoms with E-state index in [1.54, 1.807) is 0 Å². The van der Waals surface area contributed by atoms with Crippen LogP contribution in [-0.4, -0.2) is 24.8 Å². The van der Waals surface area contributed by atoms with E-state index in [4.69, 9.17) is 16.7 Å². The zero-order chi connectivity index (χ0) is 20.3. The van der Waals surface area contributed by atoms with E-state index < -0.39 is 0 Å². The summed E-state index contributed by atoms with van der Waals surface area (Å²) in [6.45, 7) is 0.567. The van der Waals surface area contributed by atoms with Gasteiger partial charge in [-0.2, -0.15) is 5.10 Å². The van der Waals surface area contributed by atoms with Gasteiger partial charge in [0.15, 0.2) is 0 Å². The summed E-state index contributed by atoms with van der Waals surface area (Å²) in [6.07, 6.45) is 4.00. The summed E-state index contributed by atoms with van der Waals surface area (Å²) in [5.41, 5.74) is 5.87. The van der Waals surface area contributed by atoms with Crippen LogP contribution in [0.4, 0.5) is 0 Å². The van der Waals surface area contributed by atoms with Crippen molar-refractivity contribution in [3.05, 3.63) is 108 Å². The Morgan fingerprint density at radius 1 is 0.733 bits per heavy atom. The molecule has 0 saturated carbocycles. The fourth-order valence-corrected chi connectivity index (χ4v) is 3.51. The fraction of sp³-hybridized carbons (Fsp3) is 0.0417. The molecule has 0 aliphatic heterocycles. The molecular weight excluding hydrogens is 394 g/mol. The van der Waals surface area contributed by atoms with Gasteiger partial charge in [0.2, 0.25) is 0 Å². The van der Waals surface area contributed by atoms with Gasteiger partial charge in [0.25, 0.3) is 0 Å². The summed E-state index contributed by atoms with van der Waals surface area (Å²) in [5, 5.41) is 14.2. The lowest BCUT2D eigenvalue weighted by Gasteiger charge is -2.02. The summed E-state index contributed by atoms with van der Waals surface area (Å²) >= 11 is 5.99. The van der Waals surface area contributed by atoms with Gasteiger partial charge >= 0.3 is 0 Å². The highest BCUT2D eigenvalue weighted by atomic mass is 35.5. The Balaban J connectivity index is 1.51. The van der Waals surface area contributed by atoms with Crippen LogP contribution in [0.3, 0.4) is 0 Å². The Hall–Kier alpha value is -3.70. The largest absolute Gasteiger partial charge is 0.247 e. The summed E-state index contributed by atoms with van der Waals surface area (Å²) < 4.78 is 3.75. The quantitative estimate of drug-likeness (QED) is 0.383. The molecule has 0 spiro atoms. The molecule has 146 valence electrons. The predicted octanol–water partition coefficient (Wildman–Crippen LogP) is 5.50. The van der Waals surface area contributed by atoms with E-state index in [-0.39, 0.29) is 0 Å². The first kappa shape index (κ1) is 18.3. The second kappa shape index (κ2) is 7.97. The first-order chi connectivity index (χ1) is 14.8. The van der Waals surface area contributed by atoms with E-state index in [0.29, 0.717) is 11.6 Å². The molecule has 0 bridgehead atoms. The van der Waals surface area contributed by atoms with Gasteiger partial charge in [-0.15, -0.1) is 5.10 Å². The van der Waals surface area contributed by atoms with Crippen LogP contribution in [0, 0.1) is 0 Å². The third-order valence-corrected chi connectivity index (χ3v) is 5.12. The number of hydrogen-bond acceptors (Lipinski definition) is 3. The van der Waals surface area contributed by atoms with Crippen LogP contribution in [0.25, 0.3) is 28.2 Å². The van der Waals surface area contributed by atoms with E-state index in [1.165, 1.54) is 0 Å². The van der Waals surface area contributed by atoms with E-state index in [0.717, 1.165) is 33.8 Å². The highest BCUT2D eigenvalue weighted by molar-refractivity contribution is 6.30. The normalized spacial score (nSPS) is 11.0. The topological polar surface area (TPSA) is 48.5 Å². The predicted molar refractivity (Wildman–Crippen MR) is 119 cm³/mol. The minimum Gasteiger partial charge on any atom is -0.247 e. The van der Waals surface area contributed by atoms with Gasteiger partial charge in [0.05, 0.1) is 24.1 Å². The monoisotopic (exact) mass is 411 g/mol. The second-order valence-electron chi connectivity index (χ2n) is 6.96. The molecule has 5 nitrogen and oxygen atoms in total. The van der Waals surface area contributed by atoms with Crippen molar-refractivity contribution < 1.29 is 0 Å². The van der Waals surface area contributed by atoms with Gasteiger partial charge in [-0.05, 0) is 24.3 Å². The molecule has 0 saturated heterocycles. The van der Waals surface area contributed by atoms with Gasteiger partial charge in [0, 0.05) is 27.9 Å². The third-order valence-electron chi connectivity index (χ3n) is 4.87. The summed E-state index contributed by atoms with van der Waals surface area (Å²) in [7, 11) is 0. The van der Waals surface area contributed by atoms with E-state index >= 15 is 0 Å². The van der Waals surface area contributed by atoms with Crippen molar-refractivity contribution >= 4 is 11.6 Å². The van der Waals surface area contributed by atoms with Crippen molar-refractivity contribution in [1.29, 1.82) is 0 Å². The average molecular weight is 412 g/mol. The summed E-state index contributed by atoms with van der Waals surface area (Å²) in [4.78, 5) is 0. The first-order valence-corrected chi connectivity index (χ1v) is 9.99. The van der Waals surface area contributed by atoms with Crippen LogP contribution in [-0.2, 0) is 6.54 Å². The number of rotatable bonds is 5. The second-order valence-corrected chi connectivity index (χ2v) is 7.39. The molecule has 30 heavy (non-hydrogen) atoms. The Kier molecular flexibility index (Phi) is 4.87. The Bertz CT molecular complexity index is 1260. The highest BCUT2D eigenvalue weighted by Crippen LogP contribution is 2.25. The molecule has 0 aliphatic rings. The Morgan fingerprint density at radius 3 is 2.17 bits per heavy atom. The summed E-state index contributed by atoms with van der Waals surface area (Å²) in [6, 6.07) is 27.9. The van der Waals surface area contributed by atoms with Crippen LogP contribution < -0.4 is 0 Å². The van der Waals surface area contributed by atoms with E-state index in [1.807, 2.05) is 88.4 Å². The lowest BCUT2D eigenvalue weighted by Crippen LogP contribution is -2.01. The maximum absolute atomic E-state index is 5.99. The number of aromatic nitrogens is 5. The lowest BCUT2D eigenvalue weighted by atomic mass is 10.1. The number of para-hydroxylation sites is 1. The first-order valence-electron chi connectivity index (χ1n) is 9.62. The van der Waals surface area contributed by atoms with Crippen molar-refractivity contribution in [2.24, 2.45) is 0 Å². The van der Waals surface area contributed by atoms with Gasteiger partial charge < -0.3 is 0 Å². The number of benzene rings is 3. The van der Waals surface area contributed by atoms with Crippen LogP contribution in [0.1, 0.15) is 5.56 Å². The van der Waals surface area contributed by atoms with Crippen molar-refractivity contribution in [2.45, 2.75) is 6.54 Å². The molecule has 3 aromatic carbocycles. The van der Waals surface area contributed by atoms with Crippen LogP contribution >= 0.6 is 11.6 Å². The van der Waals surface area contributed by atoms with Crippen molar-refractivity contribution in [3.63, 3.8) is 0 Å². The van der Waals surface area contributed by atoms with Gasteiger partial charge in [0.1, 0.15) is 5.69 Å². The van der Waals surface area contributed by atoms with Crippen LogP contribution in [0.15, 0.2) is 97.3 Å². The molecule has 5 aromatic rings. The molecule has 0 N–H and O–H groups in total. The maximum atomic E-state index is 5.99. The zero-order valence-electron chi connectivity index (χ0n) is 16.1. The minimum absolute atomic E-state index is 0.567. The Morgan fingerprint density at radius 2 is 1.43 bits per heavy atom. The van der Waals surface area contributed by atoms with Crippen molar-refractivity contribution in [2.75, 3.05) is 0 Å². The number of nitrogens with zero attached hydrogens (tertiary/aromatic N) is 5. The molecule has 0 aliphatic carbocycles. The smallest absolute Gasteiger partial charge is 0.113 e. The molecule has 0 unspecified atom stereocenters. The summed E-state index contributed by atoms with van der Waals surface area (Å²) in [5.74, 6) is 0. The minimum atomic E-state index is 0.567. The highest BCUT2D eigenvalue weighted by Gasteiger charge is 2.14. The van der Waals surface area contributed by atoms with E-state index in [2.05, 4.69) is 28.6 Å². The van der Waals surface area contributed by atoms with Crippen LogP contribution in [0.5, 0.6) is 0 Å². The average Bonchev–Trinajstić information content (AvgIpc) is 3.43. The molecular formula is C24H18ClN5. The standard InChI is InChI=1S/C24H18ClN5/c25-21-13-11-18(12-14-21)23-17-29(28-26-23)15-20-16-30(22-9-5-2-6-10-22)27-24(20)19-7-3-1-4-8-19/h1-14,16-17H,15H2. The van der Waals surface area contributed by atoms with E-state index in [9.17, 15) is 0 Å². The number of halogens is 1. The zero-order valence-corrected chi connectivity index (χ0v) is 16.8. The molecule has 2 heterocycles. The van der Waals surface area contributed by atoms with Crippen molar-refractivity contribution in [3.8, 4) is 28.2 Å². The molecule has 6 heteroatoms. The Labute approximate surface area is 179 Å². The molecule has 5 rings (SSSR count). The van der Waals surface area contributed by atoms with Crippen LogP contribution in [0.2, 0.25) is 5.02 Å². The lowest BCUT2D eigenvalue weighted by molar-refractivity contribution is 0.650. The number of hydrogen-bond donors (Lipinski definition) is 0. The van der Waals surface area contributed by atoms with Crippen molar-refractivity contribution in [1.82, 2.24) is 24.8 Å². The van der Waals surface area contributed by atoms with Gasteiger partial charge in [-0.3, -0.25) is 0 Å². The van der Waals surface area contributed by atoms with Gasteiger partial charge in [-0.1, -0.05) is 77.5 Å². The fourth-order valence-electron chi connectivity index (χ4n) is 3.38. The SMILES string of the molecule is Clc1ccc(-c2cn(Cc3cn(-c4ccccc4)nc3-c3ccccc3)nn2)cc1. The molecule has 0 fully saturated rings. The third kappa shape index (κ3) is 3.75. The van der Waals surface area contributed by atoms with Gasteiger partial charge in [-0.25, -0.2) is 9.36 Å². The molecule has 2 aromatic heterocycles. The maximum Gasteiger partial charge on any atom is 0.113 e. The molecule has 0 atom stereocenters. The molecule has 0 radical (unpaired) electrons.